The molecule has 0 aliphatic carbocycles. The first kappa shape index (κ1) is 19.0. The SMILES string of the molecule is COc1cc2c(c(OC)c1)[C@]1(C(=O)N2)c2ccccc2Nc2c1c(=O)n(C)c(=O)n2C. The number of benzene rings is 2. The monoisotopic (exact) mass is 420 g/mol. The van der Waals surface area contributed by atoms with Gasteiger partial charge in [-0.1, -0.05) is 18.2 Å². The number of methoxy groups -OCH3 is 2. The number of para-hydroxylation sites is 1. The van der Waals surface area contributed by atoms with Crippen molar-refractivity contribution in [1.29, 1.82) is 0 Å². The van der Waals surface area contributed by atoms with Gasteiger partial charge in [-0.15, -0.1) is 0 Å². The fourth-order valence-corrected chi connectivity index (χ4v) is 4.69. The van der Waals surface area contributed by atoms with Crippen LogP contribution in [0.2, 0.25) is 0 Å². The molecule has 158 valence electrons. The molecule has 2 aliphatic rings. The van der Waals surface area contributed by atoms with Crippen LogP contribution >= 0.6 is 0 Å². The van der Waals surface area contributed by atoms with E-state index in [2.05, 4.69) is 10.6 Å². The summed E-state index contributed by atoms with van der Waals surface area (Å²) in [7, 11) is 5.99. The molecule has 9 nitrogen and oxygen atoms in total. The van der Waals surface area contributed by atoms with Crippen molar-refractivity contribution in [3.05, 3.63) is 73.9 Å². The van der Waals surface area contributed by atoms with Gasteiger partial charge in [-0.3, -0.25) is 18.7 Å². The first-order chi connectivity index (χ1) is 14.9. The van der Waals surface area contributed by atoms with E-state index in [1.165, 1.54) is 25.8 Å². The molecule has 1 amide bonds. The molecule has 3 aromatic rings. The number of rotatable bonds is 2. The number of hydrogen-bond acceptors (Lipinski definition) is 6. The Labute approximate surface area is 176 Å². The van der Waals surface area contributed by atoms with Crippen molar-refractivity contribution in [2.45, 2.75) is 5.41 Å². The molecule has 1 atom stereocenters. The van der Waals surface area contributed by atoms with Gasteiger partial charge in [0.1, 0.15) is 22.7 Å². The number of nitrogens with zero attached hydrogens (tertiary/aromatic N) is 2. The third-order valence-corrected chi connectivity index (χ3v) is 6.12. The molecule has 0 bridgehead atoms. The molecule has 0 fully saturated rings. The van der Waals surface area contributed by atoms with Crippen LogP contribution < -0.4 is 31.4 Å². The lowest BCUT2D eigenvalue weighted by Crippen LogP contribution is -2.50. The van der Waals surface area contributed by atoms with Crippen LogP contribution in [0.1, 0.15) is 16.7 Å². The lowest BCUT2D eigenvalue weighted by molar-refractivity contribution is -0.118. The Morgan fingerprint density at radius 1 is 0.871 bits per heavy atom. The summed E-state index contributed by atoms with van der Waals surface area (Å²) in [6.07, 6.45) is 0. The van der Waals surface area contributed by atoms with Crippen molar-refractivity contribution in [3.63, 3.8) is 0 Å². The van der Waals surface area contributed by atoms with Crippen LogP contribution in [-0.2, 0) is 24.3 Å². The summed E-state index contributed by atoms with van der Waals surface area (Å²) < 4.78 is 13.4. The van der Waals surface area contributed by atoms with E-state index in [0.717, 1.165) is 4.57 Å². The van der Waals surface area contributed by atoms with Crippen molar-refractivity contribution in [2.24, 2.45) is 14.1 Å². The van der Waals surface area contributed by atoms with Gasteiger partial charge in [0.15, 0.2) is 0 Å². The van der Waals surface area contributed by atoms with E-state index in [1.807, 2.05) is 12.1 Å². The van der Waals surface area contributed by atoms with E-state index in [0.29, 0.717) is 34.0 Å². The van der Waals surface area contributed by atoms with E-state index in [9.17, 15) is 14.4 Å². The van der Waals surface area contributed by atoms with Gasteiger partial charge in [0.05, 0.1) is 25.5 Å². The van der Waals surface area contributed by atoms with Gasteiger partial charge in [-0.25, -0.2) is 4.79 Å². The number of hydrogen-bond donors (Lipinski definition) is 2. The highest BCUT2D eigenvalue weighted by atomic mass is 16.5. The van der Waals surface area contributed by atoms with Crippen LogP contribution in [0.25, 0.3) is 0 Å². The first-order valence-corrected chi connectivity index (χ1v) is 9.61. The summed E-state index contributed by atoms with van der Waals surface area (Å²) in [5.74, 6) is 0.766. The summed E-state index contributed by atoms with van der Waals surface area (Å²) in [6, 6.07) is 10.6. The molecule has 9 heteroatoms. The topological polar surface area (TPSA) is 104 Å². The number of anilines is 3. The summed E-state index contributed by atoms with van der Waals surface area (Å²) in [5, 5.41) is 6.09. The number of carbonyl (C=O) groups is 1. The van der Waals surface area contributed by atoms with Crippen LogP contribution in [0, 0.1) is 0 Å². The third kappa shape index (κ3) is 2.17. The van der Waals surface area contributed by atoms with Gasteiger partial charge in [-0.05, 0) is 6.07 Å². The van der Waals surface area contributed by atoms with Gasteiger partial charge >= 0.3 is 5.69 Å². The summed E-state index contributed by atoms with van der Waals surface area (Å²) in [5.41, 5.74) is -0.184. The summed E-state index contributed by atoms with van der Waals surface area (Å²) in [6.45, 7) is 0. The van der Waals surface area contributed by atoms with Crippen molar-refractivity contribution >= 4 is 23.1 Å². The largest absolute Gasteiger partial charge is 0.497 e. The molecule has 2 aliphatic heterocycles. The molecule has 2 N–H and O–H groups in total. The Kier molecular flexibility index (Phi) is 3.82. The molecule has 0 radical (unpaired) electrons. The zero-order valence-electron chi connectivity index (χ0n) is 17.4. The standard InChI is InChI=1S/C22H20N4O5/c1-25-18-17(19(27)26(2)21(25)29)22(12-7-5-6-8-13(12)23-18)16-14(24-20(22)28)9-11(30-3)10-15(16)31-4/h5-10,23H,1-4H3,(H,24,28)/t22-/m1/s1. The van der Waals surface area contributed by atoms with E-state index in [1.54, 1.807) is 31.3 Å². The summed E-state index contributed by atoms with van der Waals surface area (Å²) in [4.78, 5) is 39.9. The van der Waals surface area contributed by atoms with E-state index >= 15 is 0 Å². The fraction of sp³-hybridized carbons (Fsp3) is 0.227. The number of amides is 1. The molecule has 1 spiro atoms. The Balaban J connectivity index is 2.04. The highest BCUT2D eigenvalue weighted by Gasteiger charge is 2.58. The second kappa shape index (κ2) is 6.24. The van der Waals surface area contributed by atoms with Crippen LogP contribution in [0.5, 0.6) is 11.5 Å². The normalized spacial score (nSPS) is 18.0. The molecule has 5 rings (SSSR count). The van der Waals surface area contributed by atoms with Crippen molar-refractivity contribution in [2.75, 3.05) is 24.9 Å². The number of fused-ring (bicyclic) bond motifs is 6. The van der Waals surface area contributed by atoms with Crippen LogP contribution in [0.15, 0.2) is 46.0 Å². The maximum atomic E-state index is 13.8. The van der Waals surface area contributed by atoms with Crippen LogP contribution in [0.3, 0.4) is 0 Å². The zero-order chi connectivity index (χ0) is 22.1. The lowest BCUT2D eigenvalue weighted by atomic mass is 9.68. The quantitative estimate of drug-likeness (QED) is 0.650. The maximum absolute atomic E-state index is 13.8. The third-order valence-electron chi connectivity index (χ3n) is 6.12. The molecule has 31 heavy (non-hydrogen) atoms. The minimum Gasteiger partial charge on any atom is -0.497 e. The molecule has 0 unspecified atom stereocenters. The Hall–Kier alpha value is -4.01. The smallest absolute Gasteiger partial charge is 0.332 e. The van der Waals surface area contributed by atoms with E-state index < -0.39 is 22.6 Å². The lowest BCUT2D eigenvalue weighted by Gasteiger charge is -2.37. The number of aromatic nitrogens is 2. The van der Waals surface area contributed by atoms with Gasteiger partial charge in [0.25, 0.3) is 5.56 Å². The number of carbonyl (C=O) groups excluding carboxylic acids is 1. The van der Waals surface area contributed by atoms with Crippen molar-refractivity contribution in [1.82, 2.24) is 9.13 Å². The number of ether oxygens (including phenoxy) is 2. The van der Waals surface area contributed by atoms with Crippen molar-refractivity contribution in [3.8, 4) is 11.5 Å². The Bertz CT molecular complexity index is 1400. The maximum Gasteiger partial charge on any atom is 0.332 e. The summed E-state index contributed by atoms with van der Waals surface area (Å²) >= 11 is 0. The zero-order valence-corrected chi connectivity index (χ0v) is 17.4. The second-order valence-electron chi connectivity index (χ2n) is 7.56. The molecule has 1 aromatic heterocycles. The van der Waals surface area contributed by atoms with Crippen molar-refractivity contribution < 1.29 is 14.3 Å². The minimum atomic E-state index is -1.51. The molecule has 0 saturated carbocycles. The van der Waals surface area contributed by atoms with E-state index in [-0.39, 0.29) is 11.4 Å². The minimum absolute atomic E-state index is 0.163. The highest BCUT2D eigenvalue weighted by molar-refractivity contribution is 6.14. The molecule has 2 aromatic carbocycles. The molecule has 3 heterocycles. The molecular weight excluding hydrogens is 400 g/mol. The molecule has 0 saturated heterocycles. The average molecular weight is 420 g/mol. The predicted octanol–water partition coefficient (Wildman–Crippen LogP) is 1.44. The van der Waals surface area contributed by atoms with Gasteiger partial charge < -0.3 is 20.1 Å². The average Bonchev–Trinajstić information content (AvgIpc) is 3.07. The van der Waals surface area contributed by atoms with Crippen LogP contribution in [0.4, 0.5) is 17.2 Å². The molecular formula is C22H20N4O5. The van der Waals surface area contributed by atoms with E-state index in [4.69, 9.17) is 9.47 Å². The Morgan fingerprint density at radius 2 is 1.61 bits per heavy atom. The van der Waals surface area contributed by atoms with Gasteiger partial charge in [0, 0.05) is 43.0 Å². The fourth-order valence-electron chi connectivity index (χ4n) is 4.69. The predicted molar refractivity (Wildman–Crippen MR) is 115 cm³/mol. The van der Waals surface area contributed by atoms with Crippen LogP contribution in [-0.4, -0.2) is 29.3 Å². The Morgan fingerprint density at radius 3 is 2.32 bits per heavy atom. The first-order valence-electron chi connectivity index (χ1n) is 9.61. The highest BCUT2D eigenvalue weighted by Crippen LogP contribution is 2.56. The second-order valence-corrected chi connectivity index (χ2v) is 7.56. The van der Waals surface area contributed by atoms with Gasteiger partial charge in [0.2, 0.25) is 5.91 Å². The number of nitrogens with one attached hydrogen (secondary N) is 2. The van der Waals surface area contributed by atoms with Gasteiger partial charge in [-0.2, -0.15) is 0 Å².